The number of carbonyl (C=O) groups excluding carboxylic acids is 2. The topological polar surface area (TPSA) is 67.9 Å². The molecule has 1 aliphatic heterocycles. The summed E-state index contributed by atoms with van der Waals surface area (Å²) < 4.78 is 10.6. The quantitative estimate of drug-likeness (QED) is 0.879. The molecule has 1 aromatic rings. The Bertz CT molecular complexity index is 647. The minimum Gasteiger partial charge on any atom is -0.493 e. The monoisotopic (exact) mass is 350 g/mol. The number of ether oxygens (including phenoxy) is 2. The molecule has 2 aliphatic rings. The lowest BCUT2D eigenvalue weighted by molar-refractivity contribution is -0.138. The lowest BCUT2D eigenvalue weighted by Gasteiger charge is -2.28. The SMILES string of the molecule is COc1ccc([C@H]2SC[C@@H](C(=O)NC3CC3)N2C(C)=O)cc1OC. The van der Waals surface area contributed by atoms with Gasteiger partial charge >= 0.3 is 0 Å². The minimum absolute atomic E-state index is 0.0526. The van der Waals surface area contributed by atoms with Gasteiger partial charge in [0.25, 0.3) is 0 Å². The van der Waals surface area contributed by atoms with Gasteiger partial charge in [-0.3, -0.25) is 9.59 Å². The van der Waals surface area contributed by atoms with Gasteiger partial charge in [0.05, 0.1) is 14.2 Å². The largest absolute Gasteiger partial charge is 0.493 e. The van der Waals surface area contributed by atoms with E-state index in [1.54, 1.807) is 30.9 Å². The molecule has 0 radical (unpaired) electrons. The number of amides is 2. The number of rotatable bonds is 5. The number of benzene rings is 1. The van der Waals surface area contributed by atoms with Gasteiger partial charge in [0.1, 0.15) is 11.4 Å². The highest BCUT2D eigenvalue weighted by Crippen LogP contribution is 2.43. The third-order valence-corrected chi connectivity index (χ3v) is 5.61. The number of hydrogen-bond donors (Lipinski definition) is 1. The molecular formula is C17H22N2O4S. The highest BCUT2D eigenvalue weighted by atomic mass is 32.2. The van der Waals surface area contributed by atoms with Gasteiger partial charge in [-0.25, -0.2) is 0 Å². The van der Waals surface area contributed by atoms with Crippen LogP contribution < -0.4 is 14.8 Å². The molecular weight excluding hydrogens is 328 g/mol. The fourth-order valence-electron chi connectivity index (χ4n) is 2.88. The maximum atomic E-state index is 12.4. The molecule has 2 atom stereocenters. The molecule has 3 rings (SSSR count). The standard InChI is InChI=1S/C17H22N2O4S/c1-10(20)19-13(16(21)18-12-5-6-12)9-24-17(19)11-4-7-14(22-2)15(8-11)23-3/h4,7-8,12-13,17H,5-6,9H2,1-3H3,(H,18,21)/t13-,17+/m0/s1. The zero-order chi connectivity index (χ0) is 17.3. The van der Waals surface area contributed by atoms with Crippen molar-refractivity contribution in [2.24, 2.45) is 0 Å². The molecule has 1 heterocycles. The molecule has 24 heavy (non-hydrogen) atoms. The van der Waals surface area contributed by atoms with Crippen LogP contribution in [0.2, 0.25) is 0 Å². The van der Waals surface area contributed by atoms with Gasteiger partial charge in [-0.1, -0.05) is 6.07 Å². The van der Waals surface area contributed by atoms with Gasteiger partial charge in [-0.2, -0.15) is 0 Å². The van der Waals surface area contributed by atoms with Gasteiger partial charge < -0.3 is 19.7 Å². The van der Waals surface area contributed by atoms with E-state index in [9.17, 15) is 9.59 Å². The predicted molar refractivity (Wildman–Crippen MR) is 92.2 cm³/mol. The highest BCUT2D eigenvalue weighted by Gasteiger charge is 2.42. The molecule has 2 amide bonds. The van der Waals surface area contributed by atoms with E-state index in [0.29, 0.717) is 17.3 Å². The molecule has 0 unspecified atom stereocenters. The van der Waals surface area contributed by atoms with E-state index in [1.165, 1.54) is 6.92 Å². The Morgan fingerprint density at radius 2 is 1.92 bits per heavy atom. The number of carbonyl (C=O) groups is 2. The Hall–Kier alpha value is -1.89. The summed E-state index contributed by atoms with van der Waals surface area (Å²) in [6, 6.07) is 5.47. The Morgan fingerprint density at radius 3 is 2.50 bits per heavy atom. The number of methoxy groups -OCH3 is 2. The highest BCUT2D eigenvalue weighted by molar-refractivity contribution is 7.99. The van der Waals surface area contributed by atoms with E-state index in [-0.39, 0.29) is 23.2 Å². The van der Waals surface area contributed by atoms with Crippen molar-refractivity contribution >= 4 is 23.6 Å². The molecule has 0 aromatic heterocycles. The lowest BCUT2D eigenvalue weighted by atomic mass is 10.1. The maximum Gasteiger partial charge on any atom is 0.243 e. The van der Waals surface area contributed by atoms with E-state index < -0.39 is 6.04 Å². The van der Waals surface area contributed by atoms with Crippen LogP contribution in [0, 0.1) is 0 Å². The molecule has 1 aromatic carbocycles. The van der Waals surface area contributed by atoms with Crippen molar-refractivity contribution in [2.45, 2.75) is 37.2 Å². The molecule has 0 spiro atoms. The van der Waals surface area contributed by atoms with Crippen LogP contribution in [0.15, 0.2) is 18.2 Å². The van der Waals surface area contributed by atoms with Crippen LogP contribution in [-0.4, -0.2) is 48.8 Å². The number of nitrogens with zero attached hydrogens (tertiary/aromatic N) is 1. The first-order valence-electron chi connectivity index (χ1n) is 7.98. The molecule has 2 fully saturated rings. The van der Waals surface area contributed by atoms with Crippen molar-refractivity contribution in [2.75, 3.05) is 20.0 Å². The van der Waals surface area contributed by atoms with E-state index >= 15 is 0 Å². The average molecular weight is 350 g/mol. The summed E-state index contributed by atoms with van der Waals surface area (Å²) in [5.41, 5.74) is 0.926. The molecule has 7 heteroatoms. The van der Waals surface area contributed by atoms with Gasteiger partial charge in [0.2, 0.25) is 11.8 Å². The summed E-state index contributed by atoms with van der Waals surface area (Å²) in [6.45, 7) is 1.51. The molecule has 0 bridgehead atoms. The number of nitrogens with one attached hydrogen (secondary N) is 1. The van der Waals surface area contributed by atoms with Crippen molar-refractivity contribution in [3.05, 3.63) is 23.8 Å². The van der Waals surface area contributed by atoms with Gasteiger partial charge in [0.15, 0.2) is 11.5 Å². The van der Waals surface area contributed by atoms with E-state index in [1.807, 2.05) is 18.2 Å². The van der Waals surface area contributed by atoms with Gasteiger partial charge in [0, 0.05) is 18.7 Å². The first-order valence-corrected chi connectivity index (χ1v) is 9.02. The van der Waals surface area contributed by atoms with Crippen molar-refractivity contribution in [3.63, 3.8) is 0 Å². The van der Waals surface area contributed by atoms with Crippen LogP contribution in [0.4, 0.5) is 0 Å². The minimum atomic E-state index is -0.425. The molecule has 1 aliphatic carbocycles. The summed E-state index contributed by atoms with van der Waals surface area (Å²) in [5.74, 6) is 1.70. The fraction of sp³-hybridized carbons (Fsp3) is 0.529. The summed E-state index contributed by atoms with van der Waals surface area (Å²) >= 11 is 1.60. The fourth-order valence-corrected chi connectivity index (χ4v) is 4.35. The zero-order valence-electron chi connectivity index (χ0n) is 14.1. The van der Waals surface area contributed by atoms with E-state index in [4.69, 9.17) is 9.47 Å². The normalized spacial score (nSPS) is 23.0. The molecule has 1 saturated heterocycles. The number of hydrogen-bond acceptors (Lipinski definition) is 5. The van der Waals surface area contributed by atoms with Crippen LogP contribution in [-0.2, 0) is 9.59 Å². The van der Waals surface area contributed by atoms with Crippen LogP contribution in [0.3, 0.4) is 0 Å². The third-order valence-electron chi connectivity index (χ3n) is 4.28. The lowest BCUT2D eigenvalue weighted by Crippen LogP contribution is -2.47. The van der Waals surface area contributed by atoms with Crippen LogP contribution in [0.25, 0.3) is 0 Å². The van der Waals surface area contributed by atoms with E-state index in [2.05, 4.69) is 5.32 Å². The summed E-state index contributed by atoms with van der Waals surface area (Å²) in [5, 5.41) is 2.81. The van der Waals surface area contributed by atoms with Crippen LogP contribution >= 0.6 is 11.8 Å². The Labute approximate surface area is 145 Å². The Balaban J connectivity index is 1.84. The molecule has 130 valence electrons. The van der Waals surface area contributed by atoms with Crippen LogP contribution in [0.5, 0.6) is 11.5 Å². The van der Waals surface area contributed by atoms with Crippen molar-refractivity contribution in [1.82, 2.24) is 10.2 Å². The number of thioether (sulfide) groups is 1. The second-order valence-corrected chi connectivity index (χ2v) is 7.14. The van der Waals surface area contributed by atoms with E-state index in [0.717, 1.165) is 18.4 Å². The summed E-state index contributed by atoms with van der Waals surface area (Å²) in [6.07, 6.45) is 2.07. The molecule has 1 saturated carbocycles. The summed E-state index contributed by atoms with van der Waals surface area (Å²) in [7, 11) is 3.17. The first kappa shape index (κ1) is 17.0. The van der Waals surface area contributed by atoms with Crippen molar-refractivity contribution in [1.29, 1.82) is 0 Å². The smallest absolute Gasteiger partial charge is 0.243 e. The van der Waals surface area contributed by atoms with Gasteiger partial charge in [-0.05, 0) is 30.5 Å². The third kappa shape index (κ3) is 3.31. The zero-order valence-corrected chi connectivity index (χ0v) is 14.9. The van der Waals surface area contributed by atoms with Gasteiger partial charge in [-0.15, -0.1) is 11.8 Å². The molecule has 1 N–H and O–H groups in total. The second kappa shape index (κ2) is 6.93. The van der Waals surface area contributed by atoms with Crippen molar-refractivity contribution < 1.29 is 19.1 Å². The Kier molecular flexibility index (Phi) is 4.89. The van der Waals surface area contributed by atoms with Crippen LogP contribution in [0.1, 0.15) is 30.7 Å². The maximum absolute atomic E-state index is 12.4. The second-order valence-electron chi connectivity index (χ2n) is 6.03. The first-order chi connectivity index (χ1) is 11.5. The summed E-state index contributed by atoms with van der Waals surface area (Å²) in [4.78, 5) is 26.3. The Morgan fingerprint density at radius 1 is 1.21 bits per heavy atom. The average Bonchev–Trinajstić information content (AvgIpc) is 3.27. The van der Waals surface area contributed by atoms with Crippen molar-refractivity contribution in [3.8, 4) is 11.5 Å². The molecule has 6 nitrogen and oxygen atoms in total. The predicted octanol–water partition coefficient (Wildman–Crippen LogP) is 1.94.